The number of pyridine rings is 1. The first-order valence-electron chi connectivity index (χ1n) is 7.42. The number of nitrogens with one attached hydrogen (secondary N) is 1. The topological polar surface area (TPSA) is 71.3 Å². The lowest BCUT2D eigenvalue weighted by Crippen LogP contribution is -2.45. The average Bonchev–Trinajstić information content (AvgIpc) is 2.57. The first kappa shape index (κ1) is 15.9. The van der Waals surface area contributed by atoms with Crippen LogP contribution >= 0.6 is 11.6 Å². The van der Waals surface area contributed by atoms with Crippen LogP contribution < -0.4 is 5.32 Å². The molecule has 1 fully saturated rings. The van der Waals surface area contributed by atoms with Crippen molar-refractivity contribution in [3.63, 3.8) is 0 Å². The standard InChI is InChI=1S/C16H17ClN4O2/c17-14-4-3-12(8-15(14)21(22)23)11-20-7-6-19-10-16(20)13-2-1-5-18-9-13/h1-5,8-9,16,19H,6-7,10-11H2. The molecule has 0 amide bonds. The van der Waals surface area contributed by atoms with Gasteiger partial charge in [0.1, 0.15) is 5.02 Å². The lowest BCUT2D eigenvalue weighted by atomic mass is 10.0. The molecule has 2 heterocycles. The fraction of sp³-hybridized carbons (Fsp3) is 0.312. The Morgan fingerprint density at radius 3 is 3.04 bits per heavy atom. The van der Waals surface area contributed by atoms with E-state index in [4.69, 9.17) is 11.6 Å². The Labute approximate surface area is 139 Å². The summed E-state index contributed by atoms with van der Waals surface area (Å²) in [6.45, 7) is 3.24. The minimum absolute atomic E-state index is 0.0442. The average molecular weight is 333 g/mol. The van der Waals surface area contributed by atoms with E-state index in [2.05, 4.69) is 21.3 Å². The monoisotopic (exact) mass is 332 g/mol. The number of nitrogens with zero attached hydrogens (tertiary/aromatic N) is 3. The van der Waals surface area contributed by atoms with Crippen molar-refractivity contribution in [2.75, 3.05) is 19.6 Å². The molecule has 1 aliphatic heterocycles. The van der Waals surface area contributed by atoms with Crippen molar-refractivity contribution in [3.05, 3.63) is 69.0 Å². The molecule has 1 aliphatic rings. The highest BCUT2D eigenvalue weighted by Crippen LogP contribution is 2.28. The fourth-order valence-electron chi connectivity index (χ4n) is 2.87. The Kier molecular flexibility index (Phi) is 4.85. The number of hydrogen-bond donors (Lipinski definition) is 1. The summed E-state index contributed by atoms with van der Waals surface area (Å²) in [7, 11) is 0. The van der Waals surface area contributed by atoms with Gasteiger partial charge in [0, 0.05) is 50.7 Å². The summed E-state index contributed by atoms with van der Waals surface area (Å²) < 4.78 is 0. The van der Waals surface area contributed by atoms with Crippen molar-refractivity contribution >= 4 is 17.3 Å². The van der Waals surface area contributed by atoms with Crippen LogP contribution in [0.2, 0.25) is 5.02 Å². The SMILES string of the molecule is O=[N+]([O-])c1cc(CN2CCNCC2c2cccnc2)ccc1Cl. The van der Waals surface area contributed by atoms with Gasteiger partial charge in [-0.2, -0.15) is 0 Å². The van der Waals surface area contributed by atoms with Crippen molar-refractivity contribution in [2.45, 2.75) is 12.6 Å². The minimum atomic E-state index is -0.442. The molecule has 1 saturated heterocycles. The molecule has 120 valence electrons. The lowest BCUT2D eigenvalue weighted by Gasteiger charge is -2.36. The molecule has 0 bridgehead atoms. The summed E-state index contributed by atoms with van der Waals surface area (Å²) in [5.74, 6) is 0. The first-order valence-corrected chi connectivity index (χ1v) is 7.80. The van der Waals surface area contributed by atoms with Gasteiger partial charge in [0.25, 0.3) is 5.69 Å². The van der Waals surface area contributed by atoms with Crippen molar-refractivity contribution in [1.29, 1.82) is 0 Å². The van der Waals surface area contributed by atoms with Crippen LogP contribution in [0.5, 0.6) is 0 Å². The van der Waals surface area contributed by atoms with E-state index in [0.717, 1.165) is 30.8 Å². The Bertz CT molecular complexity index is 696. The summed E-state index contributed by atoms with van der Waals surface area (Å²) in [5, 5.41) is 14.6. The summed E-state index contributed by atoms with van der Waals surface area (Å²) in [4.78, 5) is 17.1. The molecule has 0 saturated carbocycles. The number of halogens is 1. The van der Waals surface area contributed by atoms with E-state index in [0.29, 0.717) is 6.54 Å². The van der Waals surface area contributed by atoms with Gasteiger partial charge >= 0.3 is 0 Å². The van der Waals surface area contributed by atoms with E-state index in [9.17, 15) is 10.1 Å². The Morgan fingerprint density at radius 2 is 2.30 bits per heavy atom. The third-order valence-corrected chi connectivity index (χ3v) is 4.34. The molecule has 23 heavy (non-hydrogen) atoms. The van der Waals surface area contributed by atoms with Crippen molar-refractivity contribution in [1.82, 2.24) is 15.2 Å². The van der Waals surface area contributed by atoms with E-state index in [1.807, 2.05) is 18.3 Å². The normalized spacial score (nSPS) is 18.7. The highest BCUT2D eigenvalue weighted by atomic mass is 35.5. The second-order valence-corrected chi connectivity index (χ2v) is 5.93. The number of rotatable bonds is 4. The van der Waals surface area contributed by atoms with Crippen molar-refractivity contribution < 1.29 is 4.92 Å². The lowest BCUT2D eigenvalue weighted by molar-refractivity contribution is -0.384. The zero-order chi connectivity index (χ0) is 16.2. The van der Waals surface area contributed by atoms with E-state index < -0.39 is 4.92 Å². The minimum Gasteiger partial charge on any atom is -0.314 e. The van der Waals surface area contributed by atoms with E-state index in [-0.39, 0.29) is 16.8 Å². The molecule has 1 aromatic heterocycles. The van der Waals surface area contributed by atoms with Crippen LogP contribution in [0.4, 0.5) is 5.69 Å². The maximum atomic E-state index is 11.0. The van der Waals surface area contributed by atoms with Gasteiger partial charge in [0.2, 0.25) is 0 Å². The summed E-state index contributed by atoms with van der Waals surface area (Å²) >= 11 is 5.88. The fourth-order valence-corrected chi connectivity index (χ4v) is 3.05. The van der Waals surface area contributed by atoms with Crippen LogP contribution in [0, 0.1) is 10.1 Å². The van der Waals surface area contributed by atoms with Gasteiger partial charge in [-0.3, -0.25) is 20.0 Å². The Hall–Kier alpha value is -2.02. The number of hydrogen-bond acceptors (Lipinski definition) is 5. The Morgan fingerprint density at radius 1 is 1.43 bits per heavy atom. The van der Waals surface area contributed by atoms with Gasteiger partial charge in [-0.1, -0.05) is 23.7 Å². The van der Waals surface area contributed by atoms with Crippen LogP contribution in [-0.2, 0) is 6.54 Å². The zero-order valence-corrected chi connectivity index (χ0v) is 13.2. The number of aromatic nitrogens is 1. The molecule has 0 spiro atoms. The number of nitro benzene ring substituents is 1. The van der Waals surface area contributed by atoms with Gasteiger partial charge in [-0.25, -0.2) is 0 Å². The van der Waals surface area contributed by atoms with Gasteiger partial charge in [-0.15, -0.1) is 0 Å². The van der Waals surface area contributed by atoms with Crippen LogP contribution in [0.1, 0.15) is 17.2 Å². The smallest absolute Gasteiger partial charge is 0.288 e. The maximum Gasteiger partial charge on any atom is 0.288 e. The largest absolute Gasteiger partial charge is 0.314 e. The molecule has 1 N–H and O–H groups in total. The molecule has 6 nitrogen and oxygen atoms in total. The van der Waals surface area contributed by atoms with Crippen molar-refractivity contribution in [3.8, 4) is 0 Å². The van der Waals surface area contributed by atoms with Crippen molar-refractivity contribution in [2.24, 2.45) is 0 Å². The predicted molar refractivity (Wildman–Crippen MR) is 88.4 cm³/mol. The zero-order valence-electron chi connectivity index (χ0n) is 12.5. The Balaban J connectivity index is 1.82. The van der Waals surface area contributed by atoms with E-state index >= 15 is 0 Å². The molecule has 0 radical (unpaired) electrons. The molecule has 1 aromatic carbocycles. The first-order chi connectivity index (χ1) is 11.1. The predicted octanol–water partition coefficient (Wildman–Crippen LogP) is 2.79. The summed E-state index contributed by atoms with van der Waals surface area (Å²) in [6, 6.07) is 9.18. The molecule has 7 heteroatoms. The third kappa shape index (κ3) is 3.67. The highest BCUT2D eigenvalue weighted by molar-refractivity contribution is 6.32. The molecule has 1 unspecified atom stereocenters. The van der Waals surface area contributed by atoms with Crippen LogP contribution in [0.3, 0.4) is 0 Å². The molecule has 2 aromatic rings. The number of piperazine rings is 1. The molecule has 0 aliphatic carbocycles. The second-order valence-electron chi connectivity index (χ2n) is 5.52. The van der Waals surface area contributed by atoms with Gasteiger partial charge in [0.05, 0.1) is 4.92 Å². The number of benzene rings is 1. The number of nitro groups is 1. The van der Waals surface area contributed by atoms with Gasteiger partial charge < -0.3 is 5.32 Å². The van der Waals surface area contributed by atoms with Gasteiger partial charge in [0.15, 0.2) is 0 Å². The van der Waals surface area contributed by atoms with Crippen LogP contribution in [0.15, 0.2) is 42.7 Å². The highest BCUT2D eigenvalue weighted by Gasteiger charge is 2.24. The van der Waals surface area contributed by atoms with Crippen LogP contribution in [0.25, 0.3) is 0 Å². The van der Waals surface area contributed by atoms with Gasteiger partial charge in [-0.05, 0) is 23.3 Å². The third-order valence-electron chi connectivity index (χ3n) is 4.02. The van der Waals surface area contributed by atoms with E-state index in [1.54, 1.807) is 18.3 Å². The quantitative estimate of drug-likeness (QED) is 0.688. The summed E-state index contributed by atoms with van der Waals surface area (Å²) in [6.07, 6.45) is 3.63. The summed E-state index contributed by atoms with van der Waals surface area (Å²) in [5.41, 5.74) is 1.98. The molecule has 3 rings (SSSR count). The molecule has 1 atom stereocenters. The molecular formula is C16H17ClN4O2. The second kappa shape index (κ2) is 7.04. The maximum absolute atomic E-state index is 11.0. The molecular weight excluding hydrogens is 316 g/mol. The van der Waals surface area contributed by atoms with Crippen LogP contribution in [-0.4, -0.2) is 34.4 Å². The van der Waals surface area contributed by atoms with E-state index in [1.165, 1.54) is 0 Å².